The van der Waals surface area contributed by atoms with Crippen LogP contribution in [0.25, 0.3) is 0 Å². The van der Waals surface area contributed by atoms with Crippen LogP contribution in [-0.4, -0.2) is 37.3 Å². The van der Waals surface area contributed by atoms with E-state index in [4.69, 9.17) is 14.2 Å². The third-order valence-electron chi connectivity index (χ3n) is 4.26. The summed E-state index contributed by atoms with van der Waals surface area (Å²) in [4.78, 5) is 25.2. The fraction of sp³-hybridized carbons (Fsp3) is 0.636. The van der Waals surface area contributed by atoms with Crippen LogP contribution in [0.3, 0.4) is 0 Å². The topological polar surface area (TPSA) is 73.9 Å². The van der Waals surface area contributed by atoms with Gasteiger partial charge in [0.25, 0.3) is 5.91 Å². The number of unbranched alkanes of at least 4 members (excludes halogenated alkanes) is 1. The molecule has 0 aromatic heterocycles. The molecule has 1 aromatic rings. The van der Waals surface area contributed by atoms with Gasteiger partial charge >= 0.3 is 5.97 Å². The Labute approximate surface area is 168 Å². The molecule has 158 valence electrons. The average Bonchev–Trinajstić information content (AvgIpc) is 2.65. The van der Waals surface area contributed by atoms with Crippen molar-refractivity contribution in [1.82, 2.24) is 0 Å². The van der Waals surface area contributed by atoms with E-state index in [0.717, 1.165) is 12.8 Å². The van der Waals surface area contributed by atoms with Crippen LogP contribution in [0.2, 0.25) is 0 Å². The lowest BCUT2D eigenvalue weighted by Gasteiger charge is -2.28. The molecule has 1 amide bonds. The van der Waals surface area contributed by atoms with Crippen LogP contribution in [0.5, 0.6) is 5.75 Å². The quantitative estimate of drug-likeness (QED) is 0.515. The number of nitrogens with one attached hydrogen (secondary N) is 1. The SMILES string of the molecule is CCCCC(C)(OCC)C(=O)Nc1ccc(OCC(C)C)c(C(=O)OCC)c1. The van der Waals surface area contributed by atoms with Gasteiger partial charge in [-0.3, -0.25) is 4.79 Å². The van der Waals surface area contributed by atoms with Crippen LogP contribution in [-0.2, 0) is 14.3 Å². The zero-order valence-corrected chi connectivity index (χ0v) is 18.1. The monoisotopic (exact) mass is 393 g/mol. The van der Waals surface area contributed by atoms with Gasteiger partial charge in [0.15, 0.2) is 0 Å². The molecule has 6 heteroatoms. The zero-order chi connectivity index (χ0) is 21.2. The first-order chi connectivity index (χ1) is 13.3. The molecule has 1 unspecified atom stereocenters. The van der Waals surface area contributed by atoms with E-state index < -0.39 is 11.6 Å². The number of carbonyl (C=O) groups excluding carboxylic acids is 2. The summed E-state index contributed by atoms with van der Waals surface area (Å²) in [6.45, 7) is 12.8. The molecule has 0 saturated carbocycles. The lowest BCUT2D eigenvalue weighted by Crippen LogP contribution is -2.42. The van der Waals surface area contributed by atoms with Crippen molar-refractivity contribution in [2.45, 2.75) is 66.4 Å². The number of rotatable bonds is 12. The fourth-order valence-electron chi connectivity index (χ4n) is 2.71. The van der Waals surface area contributed by atoms with Gasteiger partial charge in [0.2, 0.25) is 0 Å². The van der Waals surface area contributed by atoms with Crippen LogP contribution < -0.4 is 10.1 Å². The first-order valence-electron chi connectivity index (χ1n) is 10.2. The van der Waals surface area contributed by atoms with E-state index in [2.05, 4.69) is 12.2 Å². The fourth-order valence-corrected chi connectivity index (χ4v) is 2.71. The molecule has 0 spiro atoms. The highest BCUT2D eigenvalue weighted by atomic mass is 16.5. The molecule has 1 N–H and O–H groups in total. The molecule has 6 nitrogen and oxygen atoms in total. The number of benzene rings is 1. The highest BCUT2D eigenvalue weighted by molar-refractivity contribution is 5.99. The van der Waals surface area contributed by atoms with Gasteiger partial charge in [-0.05, 0) is 51.3 Å². The Balaban J connectivity index is 3.07. The van der Waals surface area contributed by atoms with E-state index in [0.29, 0.717) is 42.6 Å². The minimum atomic E-state index is -0.915. The number of esters is 1. The molecule has 0 aliphatic heterocycles. The highest BCUT2D eigenvalue weighted by Crippen LogP contribution is 2.27. The maximum atomic E-state index is 12.9. The maximum Gasteiger partial charge on any atom is 0.341 e. The molecule has 1 aromatic carbocycles. The van der Waals surface area contributed by atoms with Gasteiger partial charge < -0.3 is 19.5 Å². The normalized spacial score (nSPS) is 13.1. The highest BCUT2D eigenvalue weighted by Gasteiger charge is 2.33. The van der Waals surface area contributed by atoms with E-state index in [9.17, 15) is 9.59 Å². The summed E-state index contributed by atoms with van der Waals surface area (Å²) in [6, 6.07) is 5.01. The van der Waals surface area contributed by atoms with Gasteiger partial charge in [-0.2, -0.15) is 0 Å². The number of ether oxygens (including phenoxy) is 3. The molecule has 0 aliphatic carbocycles. The summed E-state index contributed by atoms with van der Waals surface area (Å²) in [5, 5.41) is 2.88. The van der Waals surface area contributed by atoms with E-state index in [-0.39, 0.29) is 12.5 Å². The molecule has 0 heterocycles. The van der Waals surface area contributed by atoms with Gasteiger partial charge in [0, 0.05) is 12.3 Å². The second kappa shape index (κ2) is 11.7. The van der Waals surface area contributed by atoms with Gasteiger partial charge in [0.05, 0.1) is 13.2 Å². The van der Waals surface area contributed by atoms with E-state index in [1.54, 1.807) is 32.0 Å². The Morgan fingerprint density at radius 2 is 1.86 bits per heavy atom. The number of hydrogen-bond acceptors (Lipinski definition) is 5. The number of carbonyl (C=O) groups is 2. The smallest absolute Gasteiger partial charge is 0.341 e. The van der Waals surface area contributed by atoms with Crippen molar-refractivity contribution in [2.75, 3.05) is 25.1 Å². The van der Waals surface area contributed by atoms with Crippen LogP contribution in [0.4, 0.5) is 5.69 Å². The first-order valence-corrected chi connectivity index (χ1v) is 10.2. The Bertz CT molecular complexity index is 644. The summed E-state index contributed by atoms with van der Waals surface area (Å²) in [5.74, 6) is 0.0629. The van der Waals surface area contributed by atoms with Crippen molar-refractivity contribution in [3.05, 3.63) is 23.8 Å². The maximum absolute atomic E-state index is 12.9. The number of amides is 1. The van der Waals surface area contributed by atoms with Crippen molar-refractivity contribution < 1.29 is 23.8 Å². The largest absolute Gasteiger partial charge is 0.492 e. The minimum Gasteiger partial charge on any atom is -0.492 e. The van der Waals surface area contributed by atoms with Gasteiger partial charge in [0.1, 0.15) is 16.9 Å². The van der Waals surface area contributed by atoms with Crippen molar-refractivity contribution >= 4 is 17.6 Å². The third-order valence-corrected chi connectivity index (χ3v) is 4.26. The first kappa shape index (κ1) is 24.0. The number of anilines is 1. The van der Waals surface area contributed by atoms with Crippen molar-refractivity contribution in [3.63, 3.8) is 0 Å². The molecule has 0 fully saturated rings. The van der Waals surface area contributed by atoms with Crippen molar-refractivity contribution in [1.29, 1.82) is 0 Å². The van der Waals surface area contributed by atoms with Crippen LogP contribution in [0, 0.1) is 5.92 Å². The van der Waals surface area contributed by atoms with E-state index >= 15 is 0 Å². The molecule has 0 aliphatic rings. The molecular weight excluding hydrogens is 358 g/mol. The Morgan fingerprint density at radius 3 is 2.43 bits per heavy atom. The Hall–Kier alpha value is -2.08. The summed E-state index contributed by atoms with van der Waals surface area (Å²) >= 11 is 0. The summed E-state index contributed by atoms with van der Waals surface area (Å²) in [6.07, 6.45) is 2.49. The Morgan fingerprint density at radius 1 is 1.14 bits per heavy atom. The summed E-state index contributed by atoms with van der Waals surface area (Å²) in [7, 11) is 0. The van der Waals surface area contributed by atoms with Crippen LogP contribution in [0.1, 0.15) is 71.2 Å². The molecule has 1 rings (SSSR count). The van der Waals surface area contributed by atoms with Gasteiger partial charge in [-0.15, -0.1) is 0 Å². The Kier molecular flexibility index (Phi) is 10.0. The van der Waals surface area contributed by atoms with Crippen LogP contribution >= 0.6 is 0 Å². The molecular formula is C22H35NO5. The summed E-state index contributed by atoms with van der Waals surface area (Å²) < 4.78 is 16.6. The predicted molar refractivity (Wildman–Crippen MR) is 111 cm³/mol. The summed E-state index contributed by atoms with van der Waals surface area (Å²) in [5.41, 5.74) is -0.110. The minimum absolute atomic E-state index is 0.228. The average molecular weight is 394 g/mol. The van der Waals surface area contributed by atoms with Gasteiger partial charge in [-0.25, -0.2) is 4.79 Å². The standard InChI is InChI=1S/C22H35NO5/c1-7-10-13-22(6,28-9-3)21(25)23-17-11-12-19(27-15-16(4)5)18(14-17)20(24)26-8-2/h11-12,14,16H,7-10,13,15H2,1-6H3,(H,23,25). The van der Waals surface area contributed by atoms with Crippen molar-refractivity contribution in [2.24, 2.45) is 5.92 Å². The van der Waals surface area contributed by atoms with Gasteiger partial charge in [-0.1, -0.05) is 33.6 Å². The second-order valence-electron chi connectivity index (χ2n) is 7.36. The zero-order valence-electron chi connectivity index (χ0n) is 18.1. The number of hydrogen-bond donors (Lipinski definition) is 1. The second-order valence-corrected chi connectivity index (χ2v) is 7.36. The van der Waals surface area contributed by atoms with E-state index in [1.165, 1.54) is 0 Å². The lowest BCUT2D eigenvalue weighted by atomic mass is 9.97. The lowest BCUT2D eigenvalue weighted by molar-refractivity contribution is -0.139. The molecule has 0 radical (unpaired) electrons. The molecule has 28 heavy (non-hydrogen) atoms. The predicted octanol–water partition coefficient (Wildman–Crippen LogP) is 4.82. The van der Waals surface area contributed by atoms with E-state index in [1.807, 2.05) is 20.8 Å². The molecule has 1 atom stereocenters. The third kappa shape index (κ3) is 7.15. The van der Waals surface area contributed by atoms with Crippen LogP contribution in [0.15, 0.2) is 18.2 Å². The molecule has 0 saturated heterocycles. The molecule has 0 bridgehead atoms. The van der Waals surface area contributed by atoms with Crippen molar-refractivity contribution in [3.8, 4) is 5.75 Å².